The van der Waals surface area contributed by atoms with Gasteiger partial charge in [0.1, 0.15) is 0 Å². The second kappa shape index (κ2) is 9.64. The van der Waals surface area contributed by atoms with Crippen molar-refractivity contribution in [1.82, 2.24) is 5.32 Å². The molecule has 120 valence electrons. The lowest BCUT2D eigenvalue weighted by molar-refractivity contribution is 0.0442. The van der Waals surface area contributed by atoms with Gasteiger partial charge in [0, 0.05) is 0 Å². The number of likely N-dealkylation sites (N-methyl/N-ethyl adjacent to an activating group) is 1. The normalized spacial score (nSPS) is 13.8. The SMILES string of the molecule is CCCC(C)OCC(NCC)c1ccc(OC)c(OC)c1. The standard InChI is InChI=1S/C17H29NO3/c1-6-8-13(3)21-12-15(18-7-2)14-9-10-16(19-4)17(11-14)20-5/h9-11,13,15,18H,6-8,12H2,1-5H3. The third-order valence-corrected chi connectivity index (χ3v) is 3.50. The van der Waals surface area contributed by atoms with Gasteiger partial charge in [0.15, 0.2) is 11.5 Å². The topological polar surface area (TPSA) is 39.7 Å². The van der Waals surface area contributed by atoms with Crippen molar-refractivity contribution in [2.24, 2.45) is 0 Å². The first-order valence-electron chi connectivity index (χ1n) is 7.73. The van der Waals surface area contributed by atoms with E-state index in [-0.39, 0.29) is 12.1 Å². The minimum absolute atomic E-state index is 0.161. The predicted octanol–water partition coefficient (Wildman–Crippen LogP) is 3.56. The van der Waals surface area contributed by atoms with Crippen LogP contribution in [0.5, 0.6) is 11.5 Å². The van der Waals surface area contributed by atoms with Gasteiger partial charge in [0.2, 0.25) is 0 Å². The summed E-state index contributed by atoms with van der Waals surface area (Å²) in [4.78, 5) is 0. The second-order valence-electron chi connectivity index (χ2n) is 5.16. The summed E-state index contributed by atoms with van der Waals surface area (Å²) in [7, 11) is 3.30. The van der Waals surface area contributed by atoms with Crippen LogP contribution < -0.4 is 14.8 Å². The smallest absolute Gasteiger partial charge is 0.161 e. The Bertz CT molecular complexity index is 409. The van der Waals surface area contributed by atoms with E-state index in [1.807, 2.05) is 12.1 Å². The highest BCUT2D eigenvalue weighted by Gasteiger charge is 2.15. The number of nitrogens with one attached hydrogen (secondary N) is 1. The van der Waals surface area contributed by atoms with E-state index < -0.39 is 0 Å². The molecule has 21 heavy (non-hydrogen) atoms. The van der Waals surface area contributed by atoms with Gasteiger partial charge in [-0.2, -0.15) is 0 Å². The van der Waals surface area contributed by atoms with Crippen molar-refractivity contribution >= 4 is 0 Å². The number of hydrogen-bond acceptors (Lipinski definition) is 4. The monoisotopic (exact) mass is 295 g/mol. The molecular weight excluding hydrogens is 266 g/mol. The van der Waals surface area contributed by atoms with Crippen molar-refractivity contribution in [3.63, 3.8) is 0 Å². The van der Waals surface area contributed by atoms with Gasteiger partial charge in [-0.1, -0.05) is 26.3 Å². The number of ether oxygens (including phenoxy) is 3. The molecule has 2 atom stereocenters. The maximum Gasteiger partial charge on any atom is 0.161 e. The highest BCUT2D eigenvalue weighted by atomic mass is 16.5. The molecule has 0 aliphatic heterocycles. The van der Waals surface area contributed by atoms with Crippen molar-refractivity contribution in [3.8, 4) is 11.5 Å². The van der Waals surface area contributed by atoms with Crippen LogP contribution in [0.4, 0.5) is 0 Å². The lowest BCUT2D eigenvalue weighted by Gasteiger charge is -2.22. The van der Waals surface area contributed by atoms with Gasteiger partial charge in [-0.05, 0) is 37.6 Å². The molecule has 0 saturated carbocycles. The molecular formula is C17H29NO3. The van der Waals surface area contributed by atoms with Crippen molar-refractivity contribution < 1.29 is 14.2 Å². The summed E-state index contributed by atoms with van der Waals surface area (Å²) in [5.41, 5.74) is 1.15. The molecule has 0 bridgehead atoms. The predicted molar refractivity (Wildman–Crippen MR) is 86.3 cm³/mol. The van der Waals surface area contributed by atoms with Crippen LogP contribution in [0.2, 0.25) is 0 Å². The summed E-state index contributed by atoms with van der Waals surface area (Å²) in [6.45, 7) is 7.95. The Balaban J connectivity index is 2.79. The fourth-order valence-corrected chi connectivity index (χ4v) is 2.34. The van der Waals surface area contributed by atoms with Crippen molar-refractivity contribution in [1.29, 1.82) is 0 Å². The first kappa shape index (κ1) is 17.8. The molecule has 4 nitrogen and oxygen atoms in total. The minimum atomic E-state index is 0.161. The van der Waals surface area contributed by atoms with E-state index in [0.717, 1.165) is 36.4 Å². The quantitative estimate of drug-likeness (QED) is 0.716. The summed E-state index contributed by atoms with van der Waals surface area (Å²) in [5, 5.41) is 3.46. The molecule has 1 aromatic rings. The molecule has 0 heterocycles. The van der Waals surface area contributed by atoms with Gasteiger partial charge in [-0.25, -0.2) is 0 Å². The average Bonchev–Trinajstić information content (AvgIpc) is 2.51. The Kier molecular flexibility index (Phi) is 8.16. The summed E-state index contributed by atoms with van der Waals surface area (Å²) >= 11 is 0. The van der Waals surface area contributed by atoms with Crippen LogP contribution in [0, 0.1) is 0 Å². The molecule has 0 amide bonds. The molecule has 0 spiro atoms. The highest BCUT2D eigenvalue weighted by Crippen LogP contribution is 2.30. The Labute approximate surface area is 128 Å². The minimum Gasteiger partial charge on any atom is -0.493 e. The van der Waals surface area contributed by atoms with Crippen LogP contribution in [0.15, 0.2) is 18.2 Å². The van der Waals surface area contributed by atoms with Gasteiger partial charge >= 0.3 is 0 Å². The third kappa shape index (κ3) is 5.56. The van der Waals surface area contributed by atoms with Crippen LogP contribution in [0.1, 0.15) is 45.2 Å². The van der Waals surface area contributed by atoms with Gasteiger partial charge < -0.3 is 19.5 Å². The molecule has 0 fully saturated rings. The van der Waals surface area contributed by atoms with Crippen molar-refractivity contribution in [2.45, 2.75) is 45.8 Å². The van der Waals surface area contributed by atoms with Gasteiger partial charge in [-0.15, -0.1) is 0 Å². The average molecular weight is 295 g/mol. The Morgan fingerprint density at radius 2 is 1.81 bits per heavy atom. The molecule has 1 rings (SSSR count). The summed E-state index contributed by atoms with van der Waals surface area (Å²) in [6.07, 6.45) is 2.52. The summed E-state index contributed by atoms with van der Waals surface area (Å²) in [6, 6.07) is 6.17. The second-order valence-corrected chi connectivity index (χ2v) is 5.16. The molecule has 2 unspecified atom stereocenters. The first-order valence-corrected chi connectivity index (χ1v) is 7.73. The van der Waals surface area contributed by atoms with E-state index in [0.29, 0.717) is 6.61 Å². The van der Waals surface area contributed by atoms with Crippen molar-refractivity contribution in [2.75, 3.05) is 27.4 Å². The third-order valence-electron chi connectivity index (χ3n) is 3.50. The van der Waals surface area contributed by atoms with E-state index >= 15 is 0 Å². The maximum atomic E-state index is 5.95. The molecule has 0 aromatic heterocycles. The van der Waals surface area contributed by atoms with E-state index in [2.05, 4.69) is 32.2 Å². The molecule has 1 aromatic carbocycles. The van der Waals surface area contributed by atoms with Crippen LogP contribution in [-0.2, 0) is 4.74 Å². The van der Waals surface area contributed by atoms with E-state index in [1.165, 1.54) is 0 Å². The van der Waals surface area contributed by atoms with Crippen LogP contribution in [-0.4, -0.2) is 33.5 Å². The van der Waals surface area contributed by atoms with Crippen LogP contribution >= 0.6 is 0 Å². The van der Waals surface area contributed by atoms with Gasteiger partial charge in [-0.3, -0.25) is 0 Å². The van der Waals surface area contributed by atoms with E-state index in [9.17, 15) is 0 Å². The Morgan fingerprint density at radius 1 is 1.10 bits per heavy atom. The lowest BCUT2D eigenvalue weighted by atomic mass is 10.1. The lowest BCUT2D eigenvalue weighted by Crippen LogP contribution is -2.27. The van der Waals surface area contributed by atoms with Crippen molar-refractivity contribution in [3.05, 3.63) is 23.8 Å². The summed E-state index contributed by atoms with van der Waals surface area (Å²) < 4.78 is 16.6. The molecule has 1 N–H and O–H groups in total. The Morgan fingerprint density at radius 3 is 2.38 bits per heavy atom. The van der Waals surface area contributed by atoms with E-state index in [4.69, 9.17) is 14.2 Å². The molecule has 0 radical (unpaired) electrons. The largest absolute Gasteiger partial charge is 0.493 e. The van der Waals surface area contributed by atoms with Gasteiger partial charge in [0.05, 0.1) is 33.0 Å². The Hall–Kier alpha value is -1.26. The molecule has 0 aliphatic rings. The van der Waals surface area contributed by atoms with Gasteiger partial charge in [0.25, 0.3) is 0 Å². The molecule has 0 aliphatic carbocycles. The number of rotatable bonds is 10. The molecule has 0 saturated heterocycles. The number of methoxy groups -OCH3 is 2. The fourth-order valence-electron chi connectivity index (χ4n) is 2.34. The zero-order valence-electron chi connectivity index (χ0n) is 13.9. The maximum absolute atomic E-state index is 5.95. The fraction of sp³-hybridized carbons (Fsp3) is 0.647. The van der Waals surface area contributed by atoms with E-state index in [1.54, 1.807) is 14.2 Å². The summed E-state index contributed by atoms with van der Waals surface area (Å²) in [5.74, 6) is 1.50. The van der Waals surface area contributed by atoms with Crippen LogP contribution in [0.25, 0.3) is 0 Å². The number of hydrogen-bond donors (Lipinski definition) is 1. The first-order chi connectivity index (χ1) is 10.2. The van der Waals surface area contributed by atoms with Crippen LogP contribution in [0.3, 0.4) is 0 Å². The number of benzene rings is 1. The zero-order valence-corrected chi connectivity index (χ0v) is 13.9. The molecule has 4 heteroatoms. The highest BCUT2D eigenvalue weighted by molar-refractivity contribution is 5.43. The zero-order chi connectivity index (χ0) is 15.7.